The average Bonchev–Trinajstić information content (AvgIpc) is 2.29. The highest BCUT2D eigenvalue weighted by atomic mass is 35.5. The normalized spacial score (nSPS) is 10.7. The Morgan fingerprint density at radius 3 is 2.89 bits per heavy atom. The molecule has 1 rings (SSSR count). The zero-order valence-electron chi connectivity index (χ0n) is 10.7. The van der Waals surface area contributed by atoms with Crippen molar-refractivity contribution in [3.8, 4) is 0 Å². The van der Waals surface area contributed by atoms with Crippen LogP contribution in [0.5, 0.6) is 0 Å². The van der Waals surface area contributed by atoms with Crippen LogP contribution >= 0.6 is 23.4 Å². The van der Waals surface area contributed by atoms with Crippen LogP contribution in [0.15, 0.2) is 18.2 Å². The molecular formula is C13H19ClN2OS. The van der Waals surface area contributed by atoms with E-state index < -0.39 is 0 Å². The number of rotatable bonds is 6. The van der Waals surface area contributed by atoms with Gasteiger partial charge >= 0.3 is 0 Å². The molecule has 0 atom stereocenters. The zero-order chi connectivity index (χ0) is 13.5. The summed E-state index contributed by atoms with van der Waals surface area (Å²) in [6.07, 6.45) is 1.12. The third kappa shape index (κ3) is 5.65. The first-order valence-electron chi connectivity index (χ1n) is 5.91. The van der Waals surface area contributed by atoms with E-state index in [0.29, 0.717) is 28.1 Å². The van der Waals surface area contributed by atoms with Crippen molar-refractivity contribution in [2.75, 3.05) is 22.6 Å². The molecule has 0 spiro atoms. The van der Waals surface area contributed by atoms with Crippen LogP contribution in [0, 0.1) is 5.92 Å². The lowest BCUT2D eigenvalue weighted by Crippen LogP contribution is -2.15. The molecule has 18 heavy (non-hydrogen) atoms. The molecule has 0 bridgehead atoms. The lowest BCUT2D eigenvalue weighted by Gasteiger charge is -2.08. The Hall–Kier alpha value is -0.870. The van der Waals surface area contributed by atoms with E-state index in [9.17, 15) is 4.79 Å². The highest BCUT2D eigenvalue weighted by molar-refractivity contribution is 7.99. The largest absolute Gasteiger partial charge is 0.399 e. The summed E-state index contributed by atoms with van der Waals surface area (Å²) in [4.78, 5) is 11.7. The van der Waals surface area contributed by atoms with Gasteiger partial charge in [0.2, 0.25) is 5.91 Å². The Morgan fingerprint density at radius 2 is 2.22 bits per heavy atom. The number of hydrogen-bond acceptors (Lipinski definition) is 3. The summed E-state index contributed by atoms with van der Waals surface area (Å²) in [7, 11) is 0. The molecule has 1 aromatic rings. The number of benzene rings is 1. The molecule has 0 saturated carbocycles. The fourth-order valence-electron chi connectivity index (χ4n) is 1.31. The molecule has 0 aliphatic rings. The van der Waals surface area contributed by atoms with Crippen molar-refractivity contribution in [3.63, 3.8) is 0 Å². The molecule has 0 radical (unpaired) electrons. The van der Waals surface area contributed by atoms with Gasteiger partial charge in [-0.25, -0.2) is 0 Å². The molecule has 0 aliphatic heterocycles. The maximum atomic E-state index is 11.7. The molecule has 0 aromatic heterocycles. The van der Waals surface area contributed by atoms with Crippen molar-refractivity contribution in [1.82, 2.24) is 0 Å². The van der Waals surface area contributed by atoms with Crippen molar-refractivity contribution >= 4 is 40.6 Å². The van der Waals surface area contributed by atoms with Crippen LogP contribution in [-0.2, 0) is 4.79 Å². The van der Waals surface area contributed by atoms with E-state index in [1.165, 1.54) is 0 Å². The number of nitrogens with one attached hydrogen (secondary N) is 1. The number of thioether (sulfide) groups is 1. The van der Waals surface area contributed by atoms with Gasteiger partial charge < -0.3 is 11.1 Å². The van der Waals surface area contributed by atoms with E-state index in [1.807, 2.05) is 0 Å². The second-order valence-electron chi connectivity index (χ2n) is 4.52. The number of amides is 1. The van der Waals surface area contributed by atoms with Gasteiger partial charge in [0.1, 0.15) is 0 Å². The predicted molar refractivity (Wildman–Crippen MR) is 81.3 cm³/mol. The van der Waals surface area contributed by atoms with Crippen LogP contribution in [0.1, 0.15) is 20.3 Å². The van der Waals surface area contributed by atoms with E-state index in [-0.39, 0.29) is 5.91 Å². The SMILES string of the molecule is CC(C)CCSCC(=O)Nc1cc(N)ccc1Cl. The monoisotopic (exact) mass is 286 g/mol. The van der Waals surface area contributed by atoms with Gasteiger partial charge in [0.25, 0.3) is 0 Å². The van der Waals surface area contributed by atoms with Crippen LogP contribution < -0.4 is 11.1 Å². The summed E-state index contributed by atoms with van der Waals surface area (Å²) < 4.78 is 0. The van der Waals surface area contributed by atoms with E-state index in [1.54, 1.807) is 30.0 Å². The topological polar surface area (TPSA) is 55.1 Å². The van der Waals surface area contributed by atoms with Crippen LogP contribution in [0.2, 0.25) is 5.02 Å². The summed E-state index contributed by atoms with van der Waals surface area (Å²) in [5.41, 5.74) is 6.80. The third-order valence-electron chi connectivity index (χ3n) is 2.34. The fourth-order valence-corrected chi connectivity index (χ4v) is 2.51. The highest BCUT2D eigenvalue weighted by Crippen LogP contribution is 2.24. The van der Waals surface area contributed by atoms with E-state index in [4.69, 9.17) is 17.3 Å². The maximum Gasteiger partial charge on any atom is 0.234 e. The quantitative estimate of drug-likeness (QED) is 0.620. The molecule has 100 valence electrons. The number of hydrogen-bond donors (Lipinski definition) is 2. The Morgan fingerprint density at radius 1 is 1.50 bits per heavy atom. The Labute approximate surface area is 117 Å². The van der Waals surface area contributed by atoms with E-state index in [0.717, 1.165) is 12.2 Å². The summed E-state index contributed by atoms with van der Waals surface area (Å²) in [5.74, 6) is 2.06. The van der Waals surface area contributed by atoms with Crippen LogP contribution in [-0.4, -0.2) is 17.4 Å². The number of nitrogens with two attached hydrogens (primary N) is 1. The first-order chi connectivity index (χ1) is 8.49. The molecule has 3 N–H and O–H groups in total. The van der Waals surface area contributed by atoms with Crippen LogP contribution in [0.4, 0.5) is 11.4 Å². The number of halogens is 1. The lowest BCUT2D eigenvalue weighted by atomic mass is 10.2. The minimum absolute atomic E-state index is 0.0451. The molecule has 3 nitrogen and oxygen atoms in total. The number of carbonyl (C=O) groups excluding carboxylic acids is 1. The Balaban J connectivity index is 2.38. The molecule has 0 aliphatic carbocycles. The Kier molecular flexibility index (Phi) is 6.36. The predicted octanol–water partition coefficient (Wildman–Crippen LogP) is 3.64. The zero-order valence-corrected chi connectivity index (χ0v) is 12.3. The average molecular weight is 287 g/mol. The smallest absolute Gasteiger partial charge is 0.234 e. The molecule has 5 heteroatoms. The minimum Gasteiger partial charge on any atom is -0.399 e. The number of nitrogen functional groups attached to an aromatic ring is 1. The summed E-state index contributed by atoms with van der Waals surface area (Å²) in [6.45, 7) is 4.35. The summed E-state index contributed by atoms with van der Waals surface area (Å²) >= 11 is 7.60. The van der Waals surface area contributed by atoms with Crippen LogP contribution in [0.3, 0.4) is 0 Å². The van der Waals surface area contributed by atoms with Gasteiger partial charge in [-0.2, -0.15) is 11.8 Å². The lowest BCUT2D eigenvalue weighted by molar-refractivity contribution is -0.113. The highest BCUT2D eigenvalue weighted by Gasteiger charge is 2.06. The van der Waals surface area contributed by atoms with Gasteiger partial charge in [0, 0.05) is 5.69 Å². The van der Waals surface area contributed by atoms with Crippen LogP contribution in [0.25, 0.3) is 0 Å². The van der Waals surface area contributed by atoms with Crippen molar-refractivity contribution in [2.24, 2.45) is 5.92 Å². The molecule has 0 heterocycles. The van der Waals surface area contributed by atoms with Gasteiger partial charge in [-0.1, -0.05) is 25.4 Å². The second kappa shape index (κ2) is 7.54. The number of anilines is 2. The van der Waals surface area contributed by atoms with E-state index >= 15 is 0 Å². The molecule has 0 unspecified atom stereocenters. The standard InChI is InChI=1S/C13H19ClN2OS/c1-9(2)5-6-18-8-13(17)16-12-7-10(15)3-4-11(12)14/h3-4,7,9H,5-6,8,15H2,1-2H3,(H,16,17). The van der Waals surface area contributed by atoms with Crippen molar-refractivity contribution in [2.45, 2.75) is 20.3 Å². The fraction of sp³-hybridized carbons (Fsp3) is 0.462. The molecule has 0 saturated heterocycles. The van der Waals surface area contributed by atoms with E-state index in [2.05, 4.69) is 19.2 Å². The summed E-state index contributed by atoms with van der Waals surface area (Å²) in [6, 6.07) is 5.05. The minimum atomic E-state index is -0.0451. The number of carbonyl (C=O) groups is 1. The maximum absolute atomic E-state index is 11.7. The molecule has 1 amide bonds. The molecule has 1 aromatic carbocycles. The second-order valence-corrected chi connectivity index (χ2v) is 6.03. The van der Waals surface area contributed by atoms with Gasteiger partial charge in [-0.15, -0.1) is 0 Å². The van der Waals surface area contributed by atoms with Gasteiger partial charge in [0.15, 0.2) is 0 Å². The molecule has 0 fully saturated rings. The van der Waals surface area contributed by atoms with Crippen molar-refractivity contribution < 1.29 is 4.79 Å². The third-order valence-corrected chi connectivity index (χ3v) is 3.66. The van der Waals surface area contributed by atoms with Gasteiger partial charge in [0.05, 0.1) is 16.5 Å². The van der Waals surface area contributed by atoms with Crippen molar-refractivity contribution in [1.29, 1.82) is 0 Å². The summed E-state index contributed by atoms with van der Waals surface area (Å²) in [5, 5.41) is 3.27. The first-order valence-corrected chi connectivity index (χ1v) is 7.45. The van der Waals surface area contributed by atoms with Gasteiger partial charge in [-0.05, 0) is 36.3 Å². The Bertz CT molecular complexity index is 410. The van der Waals surface area contributed by atoms with Gasteiger partial charge in [-0.3, -0.25) is 4.79 Å². The molecular weight excluding hydrogens is 268 g/mol. The van der Waals surface area contributed by atoms with Crippen molar-refractivity contribution in [3.05, 3.63) is 23.2 Å². The first kappa shape index (κ1) is 15.2.